The van der Waals surface area contributed by atoms with Gasteiger partial charge in [0.1, 0.15) is 0 Å². The van der Waals surface area contributed by atoms with E-state index in [4.69, 9.17) is 0 Å². The quantitative estimate of drug-likeness (QED) is 0.884. The van der Waals surface area contributed by atoms with Crippen LogP contribution in [0.25, 0.3) is 0 Å². The number of anilines is 1. The van der Waals surface area contributed by atoms with Crippen molar-refractivity contribution in [1.29, 1.82) is 0 Å². The van der Waals surface area contributed by atoms with Crippen molar-refractivity contribution in [2.45, 2.75) is 26.2 Å². The minimum absolute atomic E-state index is 0.211. The van der Waals surface area contributed by atoms with E-state index in [0.717, 1.165) is 40.4 Å². The molecule has 1 N–H and O–H groups in total. The molecule has 3 heteroatoms. The standard InChI is InChI=1S/C14H16BrNO/c1-8-4-12(15)2-3-13(8)16-14(17)11-6-9-5-10(9)7-11/h2-4,9-11H,5-7H2,1H3,(H,16,17). The Kier molecular flexibility index (Phi) is 2.74. The summed E-state index contributed by atoms with van der Waals surface area (Å²) < 4.78 is 1.05. The molecule has 2 nitrogen and oxygen atoms in total. The van der Waals surface area contributed by atoms with Gasteiger partial charge in [-0.05, 0) is 61.8 Å². The average molecular weight is 294 g/mol. The third kappa shape index (κ3) is 2.25. The summed E-state index contributed by atoms with van der Waals surface area (Å²) in [4.78, 5) is 12.1. The van der Waals surface area contributed by atoms with Crippen molar-refractivity contribution in [2.24, 2.45) is 17.8 Å². The van der Waals surface area contributed by atoms with Gasteiger partial charge < -0.3 is 5.32 Å². The molecule has 2 aliphatic carbocycles. The normalized spacial score (nSPS) is 29.9. The summed E-state index contributed by atoms with van der Waals surface area (Å²) in [5, 5.41) is 3.06. The molecule has 0 spiro atoms. The van der Waals surface area contributed by atoms with Crippen LogP contribution in [0.1, 0.15) is 24.8 Å². The fourth-order valence-corrected chi connectivity index (χ4v) is 3.41. The van der Waals surface area contributed by atoms with Crippen molar-refractivity contribution in [3.63, 3.8) is 0 Å². The number of hydrogen-bond acceptors (Lipinski definition) is 1. The van der Waals surface area contributed by atoms with Gasteiger partial charge in [0.05, 0.1) is 0 Å². The van der Waals surface area contributed by atoms with Gasteiger partial charge in [0.2, 0.25) is 5.91 Å². The van der Waals surface area contributed by atoms with Gasteiger partial charge in [0.25, 0.3) is 0 Å². The topological polar surface area (TPSA) is 29.1 Å². The number of fused-ring (bicyclic) bond motifs is 1. The number of halogens is 1. The van der Waals surface area contributed by atoms with Crippen LogP contribution in [-0.2, 0) is 4.79 Å². The van der Waals surface area contributed by atoms with Crippen molar-refractivity contribution in [3.05, 3.63) is 28.2 Å². The van der Waals surface area contributed by atoms with Crippen LogP contribution >= 0.6 is 15.9 Å². The van der Waals surface area contributed by atoms with E-state index in [0.29, 0.717) is 0 Å². The Bertz CT molecular complexity index is 461. The highest BCUT2D eigenvalue weighted by Gasteiger charge is 2.47. The molecule has 3 rings (SSSR count). The maximum absolute atomic E-state index is 12.1. The number of amides is 1. The Hall–Kier alpha value is -0.830. The number of carbonyl (C=O) groups is 1. The fraction of sp³-hybridized carbons (Fsp3) is 0.500. The van der Waals surface area contributed by atoms with Crippen LogP contribution in [0.2, 0.25) is 0 Å². The molecule has 2 saturated carbocycles. The molecule has 0 bridgehead atoms. The lowest BCUT2D eigenvalue weighted by atomic mass is 10.0. The Morgan fingerprint density at radius 2 is 2.00 bits per heavy atom. The van der Waals surface area contributed by atoms with Gasteiger partial charge in [-0.1, -0.05) is 15.9 Å². The van der Waals surface area contributed by atoms with E-state index in [1.165, 1.54) is 6.42 Å². The summed E-state index contributed by atoms with van der Waals surface area (Å²) >= 11 is 3.43. The lowest BCUT2D eigenvalue weighted by Gasteiger charge is -2.14. The zero-order valence-corrected chi connectivity index (χ0v) is 11.5. The Morgan fingerprint density at radius 3 is 2.65 bits per heavy atom. The van der Waals surface area contributed by atoms with Crippen LogP contribution in [-0.4, -0.2) is 5.91 Å². The van der Waals surface area contributed by atoms with Gasteiger partial charge in [-0.25, -0.2) is 0 Å². The Morgan fingerprint density at radius 1 is 1.29 bits per heavy atom. The molecule has 90 valence electrons. The van der Waals surface area contributed by atoms with Crippen LogP contribution in [0.15, 0.2) is 22.7 Å². The summed E-state index contributed by atoms with van der Waals surface area (Å²) in [6.07, 6.45) is 3.57. The molecular weight excluding hydrogens is 278 g/mol. The summed E-state index contributed by atoms with van der Waals surface area (Å²) in [5.41, 5.74) is 2.05. The molecule has 0 aromatic heterocycles. The molecule has 1 amide bonds. The Balaban J connectivity index is 1.67. The smallest absolute Gasteiger partial charge is 0.227 e. The van der Waals surface area contributed by atoms with Crippen molar-refractivity contribution >= 4 is 27.5 Å². The number of aryl methyl sites for hydroxylation is 1. The molecule has 2 fully saturated rings. The summed E-state index contributed by atoms with van der Waals surface area (Å²) in [6.45, 7) is 2.02. The van der Waals surface area contributed by atoms with E-state index in [-0.39, 0.29) is 11.8 Å². The number of carbonyl (C=O) groups excluding carboxylic acids is 1. The zero-order chi connectivity index (χ0) is 12.0. The second-order valence-corrected chi connectivity index (χ2v) is 6.29. The largest absolute Gasteiger partial charge is 0.326 e. The summed E-state index contributed by atoms with van der Waals surface area (Å²) in [6, 6.07) is 5.96. The molecular formula is C14H16BrNO. The van der Waals surface area contributed by atoms with Crippen LogP contribution in [0.5, 0.6) is 0 Å². The average Bonchev–Trinajstić information content (AvgIpc) is 2.89. The van der Waals surface area contributed by atoms with Gasteiger partial charge in [0.15, 0.2) is 0 Å². The highest BCUT2D eigenvalue weighted by molar-refractivity contribution is 9.10. The van der Waals surface area contributed by atoms with E-state index in [9.17, 15) is 4.79 Å². The van der Waals surface area contributed by atoms with Crippen molar-refractivity contribution in [2.75, 3.05) is 5.32 Å². The van der Waals surface area contributed by atoms with E-state index in [1.807, 2.05) is 25.1 Å². The first-order valence-electron chi connectivity index (χ1n) is 6.20. The number of rotatable bonds is 2. The molecule has 0 aliphatic heterocycles. The van der Waals surface area contributed by atoms with Gasteiger partial charge in [-0.2, -0.15) is 0 Å². The zero-order valence-electron chi connectivity index (χ0n) is 9.87. The summed E-state index contributed by atoms with van der Waals surface area (Å²) in [7, 11) is 0. The number of hydrogen-bond donors (Lipinski definition) is 1. The second kappa shape index (κ2) is 4.13. The van der Waals surface area contributed by atoms with E-state index < -0.39 is 0 Å². The van der Waals surface area contributed by atoms with Crippen LogP contribution in [0.4, 0.5) is 5.69 Å². The van der Waals surface area contributed by atoms with Crippen LogP contribution < -0.4 is 5.32 Å². The molecule has 0 radical (unpaired) electrons. The minimum atomic E-state index is 0.211. The number of benzene rings is 1. The maximum atomic E-state index is 12.1. The van der Waals surface area contributed by atoms with Crippen LogP contribution in [0.3, 0.4) is 0 Å². The molecule has 2 unspecified atom stereocenters. The van der Waals surface area contributed by atoms with Crippen molar-refractivity contribution in [3.8, 4) is 0 Å². The van der Waals surface area contributed by atoms with Crippen molar-refractivity contribution < 1.29 is 4.79 Å². The minimum Gasteiger partial charge on any atom is -0.326 e. The summed E-state index contributed by atoms with van der Waals surface area (Å²) in [5.74, 6) is 2.18. The first-order valence-corrected chi connectivity index (χ1v) is 7.00. The molecule has 1 aromatic rings. The van der Waals surface area contributed by atoms with E-state index in [1.54, 1.807) is 0 Å². The van der Waals surface area contributed by atoms with E-state index >= 15 is 0 Å². The molecule has 2 atom stereocenters. The van der Waals surface area contributed by atoms with Crippen molar-refractivity contribution in [1.82, 2.24) is 0 Å². The highest BCUT2D eigenvalue weighted by atomic mass is 79.9. The third-order valence-corrected chi connectivity index (χ3v) is 4.55. The molecule has 1 aromatic carbocycles. The lowest BCUT2D eigenvalue weighted by molar-refractivity contribution is -0.120. The van der Waals surface area contributed by atoms with Gasteiger partial charge in [0, 0.05) is 16.1 Å². The monoisotopic (exact) mass is 293 g/mol. The van der Waals surface area contributed by atoms with Gasteiger partial charge in [-0.15, -0.1) is 0 Å². The maximum Gasteiger partial charge on any atom is 0.227 e. The predicted molar refractivity (Wildman–Crippen MR) is 71.8 cm³/mol. The first-order chi connectivity index (χ1) is 8.13. The third-order valence-electron chi connectivity index (χ3n) is 4.06. The Labute approximate surface area is 110 Å². The molecule has 0 heterocycles. The molecule has 0 saturated heterocycles. The molecule has 2 aliphatic rings. The SMILES string of the molecule is Cc1cc(Br)ccc1NC(=O)C1CC2CC2C1. The molecule has 17 heavy (non-hydrogen) atoms. The fourth-order valence-electron chi connectivity index (χ4n) is 2.93. The first kappa shape index (κ1) is 11.3. The second-order valence-electron chi connectivity index (χ2n) is 5.37. The lowest BCUT2D eigenvalue weighted by Crippen LogP contribution is -2.22. The highest BCUT2D eigenvalue weighted by Crippen LogP contribution is 2.54. The van der Waals surface area contributed by atoms with Gasteiger partial charge >= 0.3 is 0 Å². The predicted octanol–water partition coefficient (Wildman–Crippen LogP) is 3.74. The van der Waals surface area contributed by atoms with E-state index in [2.05, 4.69) is 21.2 Å². The van der Waals surface area contributed by atoms with Gasteiger partial charge in [-0.3, -0.25) is 4.79 Å². The number of nitrogens with one attached hydrogen (secondary N) is 1. The van der Waals surface area contributed by atoms with Crippen LogP contribution in [0, 0.1) is 24.7 Å².